The van der Waals surface area contributed by atoms with Crippen molar-refractivity contribution >= 4 is 63.5 Å². The smallest absolute Gasteiger partial charge is 0.264 e. The molecule has 32 heavy (non-hydrogen) atoms. The molecule has 4 rings (SSSR count). The quantitative estimate of drug-likeness (QED) is 0.459. The summed E-state index contributed by atoms with van der Waals surface area (Å²) in [5.74, 6) is 0.281. The second-order valence-electron chi connectivity index (χ2n) is 9.25. The number of halogens is 2. The number of hydrogen-bond acceptors (Lipinski definition) is 4. The van der Waals surface area contributed by atoms with Gasteiger partial charge in [0, 0.05) is 17.3 Å². The molecule has 0 spiro atoms. The molecule has 7 heteroatoms. The van der Waals surface area contributed by atoms with Gasteiger partial charge in [-0.3, -0.25) is 4.79 Å². The zero-order valence-corrected chi connectivity index (χ0v) is 21.2. The highest BCUT2D eigenvalue weighted by Gasteiger charge is 2.37. The van der Waals surface area contributed by atoms with Gasteiger partial charge in [0.1, 0.15) is 0 Å². The molecule has 168 valence electrons. The number of benzene rings is 2. The molecule has 0 bridgehead atoms. The minimum absolute atomic E-state index is 0.106. The zero-order chi connectivity index (χ0) is 23.2. The molecule has 4 nitrogen and oxygen atoms in total. The van der Waals surface area contributed by atoms with Gasteiger partial charge in [0.25, 0.3) is 5.91 Å². The van der Waals surface area contributed by atoms with Crippen molar-refractivity contribution in [3.8, 4) is 0 Å². The predicted octanol–water partition coefficient (Wildman–Crippen LogP) is 7.39. The average molecular weight is 488 g/mol. The Hall–Kier alpha value is -1.95. The SMILES string of the molecule is CC1CC(C)(C)N(C(C)C)c2ccc(/C=C3\SC(=Nc4cccc(Cl)c4Cl)NC3=O)cc21. The highest BCUT2D eigenvalue weighted by atomic mass is 35.5. The van der Waals surface area contributed by atoms with Crippen molar-refractivity contribution < 1.29 is 4.79 Å². The van der Waals surface area contributed by atoms with E-state index in [4.69, 9.17) is 23.2 Å². The van der Waals surface area contributed by atoms with E-state index in [0.717, 1.165) is 12.0 Å². The van der Waals surface area contributed by atoms with E-state index >= 15 is 0 Å². The van der Waals surface area contributed by atoms with Crippen LogP contribution in [0.4, 0.5) is 11.4 Å². The molecular formula is C25H27Cl2N3OS. The van der Waals surface area contributed by atoms with Gasteiger partial charge in [0.2, 0.25) is 0 Å². The van der Waals surface area contributed by atoms with E-state index in [1.165, 1.54) is 23.0 Å². The minimum Gasteiger partial charge on any atom is -0.364 e. The van der Waals surface area contributed by atoms with Crippen LogP contribution in [0.3, 0.4) is 0 Å². The molecule has 1 saturated heterocycles. The third kappa shape index (κ3) is 4.43. The Morgan fingerprint density at radius 3 is 2.72 bits per heavy atom. The lowest BCUT2D eigenvalue weighted by atomic mass is 9.79. The van der Waals surface area contributed by atoms with Crippen molar-refractivity contribution in [2.75, 3.05) is 4.90 Å². The van der Waals surface area contributed by atoms with Gasteiger partial charge < -0.3 is 10.2 Å². The van der Waals surface area contributed by atoms with Crippen LogP contribution in [0.15, 0.2) is 46.3 Å². The number of carbonyl (C=O) groups excluding carboxylic acids is 1. The van der Waals surface area contributed by atoms with Gasteiger partial charge in [-0.25, -0.2) is 4.99 Å². The van der Waals surface area contributed by atoms with Gasteiger partial charge in [-0.2, -0.15) is 0 Å². The van der Waals surface area contributed by atoms with Crippen LogP contribution in [0.25, 0.3) is 6.08 Å². The van der Waals surface area contributed by atoms with Crippen LogP contribution in [-0.4, -0.2) is 22.7 Å². The van der Waals surface area contributed by atoms with Crippen molar-refractivity contribution in [1.82, 2.24) is 5.32 Å². The van der Waals surface area contributed by atoms with Gasteiger partial charge in [-0.1, -0.05) is 42.3 Å². The highest BCUT2D eigenvalue weighted by Crippen LogP contribution is 2.45. The van der Waals surface area contributed by atoms with E-state index in [-0.39, 0.29) is 11.4 Å². The number of thioether (sulfide) groups is 1. The minimum atomic E-state index is -0.164. The molecule has 1 atom stereocenters. The lowest BCUT2D eigenvalue weighted by Gasteiger charge is -2.50. The Balaban J connectivity index is 1.64. The third-order valence-electron chi connectivity index (χ3n) is 5.92. The maximum Gasteiger partial charge on any atom is 0.264 e. The molecule has 1 fully saturated rings. The summed E-state index contributed by atoms with van der Waals surface area (Å²) in [6.07, 6.45) is 3.01. The molecule has 2 aromatic carbocycles. The summed E-state index contributed by atoms with van der Waals surface area (Å²) in [6, 6.07) is 12.2. The molecule has 1 amide bonds. The molecule has 1 unspecified atom stereocenters. The molecule has 2 aliphatic rings. The Bertz CT molecular complexity index is 1140. The maximum absolute atomic E-state index is 12.6. The number of anilines is 1. The Morgan fingerprint density at radius 2 is 2.00 bits per heavy atom. The summed E-state index contributed by atoms with van der Waals surface area (Å²) in [6.45, 7) is 11.4. The van der Waals surface area contributed by atoms with Crippen molar-refractivity contribution in [1.29, 1.82) is 0 Å². The number of rotatable bonds is 3. The van der Waals surface area contributed by atoms with Crippen molar-refractivity contribution in [3.63, 3.8) is 0 Å². The number of nitrogens with one attached hydrogen (secondary N) is 1. The summed E-state index contributed by atoms with van der Waals surface area (Å²) in [5.41, 5.74) is 4.26. The number of aliphatic imine (C=N–C) groups is 1. The highest BCUT2D eigenvalue weighted by molar-refractivity contribution is 8.18. The van der Waals surface area contributed by atoms with Crippen LogP contribution in [0.1, 0.15) is 58.1 Å². The predicted molar refractivity (Wildman–Crippen MR) is 138 cm³/mol. The Labute approximate surface area is 204 Å². The first-order valence-electron chi connectivity index (χ1n) is 10.7. The Morgan fingerprint density at radius 1 is 1.25 bits per heavy atom. The average Bonchev–Trinajstić information content (AvgIpc) is 3.04. The van der Waals surface area contributed by atoms with Crippen LogP contribution in [-0.2, 0) is 4.79 Å². The first kappa shape index (κ1) is 23.2. The number of fused-ring (bicyclic) bond motifs is 1. The lowest BCUT2D eigenvalue weighted by Crippen LogP contribution is -2.51. The van der Waals surface area contributed by atoms with Crippen molar-refractivity contribution in [2.24, 2.45) is 4.99 Å². The van der Waals surface area contributed by atoms with Crippen LogP contribution >= 0.6 is 35.0 Å². The fraction of sp³-hybridized carbons (Fsp3) is 0.360. The van der Waals surface area contributed by atoms with Crippen LogP contribution in [0, 0.1) is 0 Å². The number of carbonyl (C=O) groups is 1. The topological polar surface area (TPSA) is 44.7 Å². The lowest BCUT2D eigenvalue weighted by molar-refractivity contribution is -0.115. The number of hydrogen-bond donors (Lipinski definition) is 1. The molecule has 2 heterocycles. The molecule has 0 aromatic heterocycles. The summed E-state index contributed by atoms with van der Waals surface area (Å²) < 4.78 is 0. The van der Waals surface area contributed by atoms with Gasteiger partial charge in [0.15, 0.2) is 5.17 Å². The number of nitrogens with zero attached hydrogens (tertiary/aromatic N) is 2. The van der Waals surface area contributed by atoms with E-state index in [0.29, 0.717) is 37.8 Å². The first-order chi connectivity index (χ1) is 15.1. The summed E-state index contributed by atoms with van der Waals surface area (Å²) in [4.78, 5) is 20.1. The largest absolute Gasteiger partial charge is 0.364 e. The molecule has 1 N–H and O–H groups in total. The maximum atomic E-state index is 12.6. The van der Waals surface area contributed by atoms with Crippen LogP contribution in [0.2, 0.25) is 10.0 Å². The van der Waals surface area contributed by atoms with Crippen LogP contribution in [0.5, 0.6) is 0 Å². The Kier molecular flexibility index (Phi) is 6.36. The van der Waals surface area contributed by atoms with Gasteiger partial charge in [-0.15, -0.1) is 0 Å². The zero-order valence-electron chi connectivity index (χ0n) is 18.9. The van der Waals surface area contributed by atoms with Crippen LogP contribution < -0.4 is 10.2 Å². The monoisotopic (exact) mass is 487 g/mol. The molecule has 2 aromatic rings. The second-order valence-corrected chi connectivity index (χ2v) is 11.1. The fourth-order valence-corrected chi connectivity index (χ4v) is 6.03. The van der Waals surface area contributed by atoms with E-state index in [9.17, 15) is 4.79 Å². The molecule has 0 radical (unpaired) electrons. The van der Waals surface area contributed by atoms with E-state index in [1.807, 2.05) is 6.08 Å². The normalized spacial score (nSPS) is 22.6. The number of amidine groups is 1. The molecule has 2 aliphatic heterocycles. The standard InChI is InChI=1S/C25H27Cl2N3OS/c1-14(2)30-20-10-9-16(11-17(20)15(3)13-25(30,4)5)12-21-23(31)29-24(32-21)28-19-8-6-7-18(26)22(19)27/h6-12,14-15H,13H2,1-5H3,(H,28,29,31)/b21-12-. The molecule has 0 aliphatic carbocycles. The number of amides is 1. The second kappa shape index (κ2) is 8.77. The summed E-state index contributed by atoms with van der Waals surface area (Å²) >= 11 is 13.6. The van der Waals surface area contributed by atoms with Gasteiger partial charge in [0.05, 0.1) is 20.6 Å². The molecule has 0 saturated carbocycles. The van der Waals surface area contributed by atoms with Crippen molar-refractivity contribution in [3.05, 3.63) is 62.5 Å². The van der Waals surface area contributed by atoms with E-state index in [2.05, 4.69) is 68.0 Å². The third-order valence-corrected chi connectivity index (χ3v) is 7.64. The van der Waals surface area contributed by atoms with Gasteiger partial charge in [-0.05, 0) is 93.3 Å². The van der Waals surface area contributed by atoms with Crippen molar-refractivity contribution in [2.45, 2.75) is 58.5 Å². The van der Waals surface area contributed by atoms with E-state index < -0.39 is 0 Å². The van der Waals surface area contributed by atoms with Gasteiger partial charge >= 0.3 is 0 Å². The fourth-order valence-electron chi connectivity index (χ4n) is 4.86. The first-order valence-corrected chi connectivity index (χ1v) is 12.3. The molecular weight excluding hydrogens is 461 g/mol. The summed E-state index contributed by atoms with van der Waals surface area (Å²) in [5, 5.41) is 4.11. The van der Waals surface area contributed by atoms with E-state index in [1.54, 1.807) is 18.2 Å². The summed E-state index contributed by atoms with van der Waals surface area (Å²) in [7, 11) is 0.